The number of hydrogen-bond donors (Lipinski definition) is 0. The van der Waals surface area contributed by atoms with Gasteiger partial charge in [-0.3, -0.25) is 9.69 Å². The van der Waals surface area contributed by atoms with Crippen molar-refractivity contribution in [2.24, 2.45) is 0 Å². The van der Waals surface area contributed by atoms with Crippen molar-refractivity contribution < 1.29 is 4.79 Å². The number of nitrogens with zero attached hydrogens (tertiary/aromatic N) is 2. The molecular weight excluding hydrogens is 348 g/mol. The standard InChI is InChI=1S/C20H14N2OS2/c23-19-18(12-16-11-10-15-8-4-5-9-17(15)21-16)25-20(24)22(19)13-14-6-2-1-3-7-14/h1-12H,13H2/b18-12-. The van der Waals surface area contributed by atoms with Crippen LogP contribution in [0.4, 0.5) is 0 Å². The normalized spacial score (nSPS) is 16.2. The lowest BCUT2D eigenvalue weighted by atomic mass is 10.2. The first kappa shape index (κ1) is 16.0. The molecule has 3 aromatic rings. The molecule has 122 valence electrons. The van der Waals surface area contributed by atoms with Crippen LogP contribution in [-0.2, 0) is 11.3 Å². The molecule has 1 saturated heterocycles. The highest BCUT2D eigenvalue weighted by Crippen LogP contribution is 2.33. The van der Waals surface area contributed by atoms with Gasteiger partial charge in [-0.05, 0) is 23.8 Å². The lowest BCUT2D eigenvalue weighted by molar-refractivity contribution is -0.122. The Hall–Kier alpha value is -2.50. The minimum absolute atomic E-state index is 0.0613. The van der Waals surface area contributed by atoms with E-state index in [2.05, 4.69) is 4.98 Å². The van der Waals surface area contributed by atoms with Crippen molar-refractivity contribution in [3.63, 3.8) is 0 Å². The zero-order valence-corrected chi connectivity index (χ0v) is 14.9. The molecule has 0 unspecified atom stereocenters. The third-order valence-corrected chi connectivity index (χ3v) is 5.33. The van der Waals surface area contributed by atoms with Crippen LogP contribution in [0.5, 0.6) is 0 Å². The van der Waals surface area contributed by atoms with E-state index in [0.717, 1.165) is 22.2 Å². The Morgan fingerprint density at radius 3 is 2.60 bits per heavy atom. The minimum Gasteiger partial charge on any atom is -0.288 e. The van der Waals surface area contributed by atoms with E-state index in [9.17, 15) is 4.79 Å². The quantitative estimate of drug-likeness (QED) is 0.502. The number of thiocarbonyl (C=S) groups is 1. The lowest BCUT2D eigenvalue weighted by Gasteiger charge is -2.14. The molecule has 1 aliphatic heterocycles. The topological polar surface area (TPSA) is 33.2 Å². The molecule has 0 radical (unpaired) electrons. The second-order valence-electron chi connectivity index (χ2n) is 5.68. The number of fused-ring (bicyclic) bond motifs is 1. The van der Waals surface area contributed by atoms with Crippen LogP contribution in [0.2, 0.25) is 0 Å². The molecule has 3 nitrogen and oxygen atoms in total. The van der Waals surface area contributed by atoms with E-state index in [4.69, 9.17) is 12.2 Å². The van der Waals surface area contributed by atoms with Gasteiger partial charge in [0, 0.05) is 5.39 Å². The number of hydrogen-bond acceptors (Lipinski definition) is 4. The van der Waals surface area contributed by atoms with Crippen molar-refractivity contribution >= 4 is 51.2 Å². The molecule has 1 aromatic heterocycles. The third kappa shape index (κ3) is 3.34. The van der Waals surface area contributed by atoms with Gasteiger partial charge in [0.2, 0.25) is 0 Å². The fourth-order valence-electron chi connectivity index (χ4n) is 2.70. The number of benzene rings is 2. The van der Waals surface area contributed by atoms with Gasteiger partial charge >= 0.3 is 0 Å². The van der Waals surface area contributed by atoms with E-state index < -0.39 is 0 Å². The zero-order valence-electron chi connectivity index (χ0n) is 13.3. The number of pyridine rings is 1. The van der Waals surface area contributed by atoms with Crippen molar-refractivity contribution in [2.75, 3.05) is 0 Å². The Balaban J connectivity index is 1.60. The van der Waals surface area contributed by atoms with Gasteiger partial charge in [-0.15, -0.1) is 0 Å². The van der Waals surface area contributed by atoms with Crippen molar-refractivity contribution in [2.45, 2.75) is 6.54 Å². The highest BCUT2D eigenvalue weighted by molar-refractivity contribution is 8.26. The average molecular weight is 362 g/mol. The van der Waals surface area contributed by atoms with Crippen LogP contribution >= 0.6 is 24.0 Å². The van der Waals surface area contributed by atoms with Crippen molar-refractivity contribution in [3.05, 3.63) is 82.9 Å². The van der Waals surface area contributed by atoms with E-state index >= 15 is 0 Å². The number of amides is 1. The van der Waals surface area contributed by atoms with Crippen LogP contribution in [-0.4, -0.2) is 20.1 Å². The number of rotatable bonds is 3. The Morgan fingerprint density at radius 1 is 1.00 bits per heavy atom. The summed E-state index contributed by atoms with van der Waals surface area (Å²) in [4.78, 5) is 19.6. The van der Waals surface area contributed by atoms with Gasteiger partial charge in [0.25, 0.3) is 5.91 Å². The van der Waals surface area contributed by atoms with Crippen molar-refractivity contribution in [3.8, 4) is 0 Å². The second kappa shape index (κ2) is 6.78. The molecule has 1 aliphatic rings. The highest BCUT2D eigenvalue weighted by Gasteiger charge is 2.32. The van der Waals surface area contributed by atoms with Crippen molar-refractivity contribution in [1.82, 2.24) is 9.88 Å². The van der Waals surface area contributed by atoms with Crippen LogP contribution in [0.25, 0.3) is 17.0 Å². The predicted octanol–water partition coefficient (Wildman–Crippen LogP) is 4.64. The monoisotopic (exact) mass is 362 g/mol. The molecule has 25 heavy (non-hydrogen) atoms. The van der Waals surface area contributed by atoms with Crippen LogP contribution in [0.15, 0.2) is 71.6 Å². The predicted molar refractivity (Wildman–Crippen MR) is 107 cm³/mol. The summed E-state index contributed by atoms with van der Waals surface area (Å²) in [7, 11) is 0. The Kier molecular flexibility index (Phi) is 4.34. The van der Waals surface area contributed by atoms with Gasteiger partial charge in [0.05, 0.1) is 22.7 Å². The summed E-state index contributed by atoms with van der Waals surface area (Å²) in [6.45, 7) is 0.494. The fraction of sp³-hybridized carbons (Fsp3) is 0.0500. The molecule has 0 atom stereocenters. The van der Waals surface area contributed by atoms with Gasteiger partial charge in [-0.25, -0.2) is 4.98 Å². The molecule has 5 heteroatoms. The first-order valence-corrected chi connectivity index (χ1v) is 9.08. The zero-order chi connectivity index (χ0) is 17.2. The molecule has 0 N–H and O–H groups in total. The molecule has 1 fully saturated rings. The summed E-state index contributed by atoms with van der Waals surface area (Å²) in [5.74, 6) is -0.0613. The summed E-state index contributed by atoms with van der Waals surface area (Å²) in [6, 6.07) is 21.7. The largest absolute Gasteiger partial charge is 0.288 e. The number of thioether (sulfide) groups is 1. The number of carbonyl (C=O) groups is 1. The SMILES string of the molecule is O=C1/C(=C/c2ccc3ccccc3n2)SC(=S)N1Cc1ccccc1. The van der Waals surface area contributed by atoms with Crippen LogP contribution in [0.1, 0.15) is 11.3 Å². The summed E-state index contributed by atoms with van der Waals surface area (Å²) in [5.41, 5.74) is 2.74. The van der Waals surface area contributed by atoms with Crippen molar-refractivity contribution in [1.29, 1.82) is 0 Å². The fourth-order valence-corrected chi connectivity index (χ4v) is 3.94. The average Bonchev–Trinajstić information content (AvgIpc) is 2.90. The maximum atomic E-state index is 12.7. The van der Waals surface area contributed by atoms with E-state index in [1.807, 2.05) is 72.8 Å². The summed E-state index contributed by atoms with van der Waals surface area (Å²) in [6.07, 6.45) is 1.82. The van der Waals surface area contributed by atoms with E-state index in [1.54, 1.807) is 4.90 Å². The smallest absolute Gasteiger partial charge is 0.266 e. The Labute approximate surface area is 155 Å². The molecule has 2 heterocycles. The number of para-hydroxylation sites is 1. The number of aromatic nitrogens is 1. The minimum atomic E-state index is -0.0613. The van der Waals surface area contributed by atoms with Crippen LogP contribution < -0.4 is 0 Å². The van der Waals surface area contributed by atoms with Crippen LogP contribution in [0, 0.1) is 0 Å². The maximum absolute atomic E-state index is 12.7. The molecule has 2 aromatic carbocycles. The summed E-state index contributed by atoms with van der Waals surface area (Å²) < 4.78 is 0.584. The first-order valence-electron chi connectivity index (χ1n) is 7.86. The molecule has 0 aliphatic carbocycles. The summed E-state index contributed by atoms with van der Waals surface area (Å²) >= 11 is 6.72. The van der Waals surface area contributed by atoms with Gasteiger partial charge in [-0.1, -0.05) is 78.6 Å². The maximum Gasteiger partial charge on any atom is 0.266 e. The van der Waals surface area contributed by atoms with Crippen LogP contribution in [0.3, 0.4) is 0 Å². The Bertz CT molecular complexity index is 999. The highest BCUT2D eigenvalue weighted by atomic mass is 32.2. The van der Waals surface area contributed by atoms with E-state index in [0.29, 0.717) is 15.8 Å². The molecule has 0 bridgehead atoms. The summed E-state index contributed by atoms with van der Waals surface area (Å²) in [5, 5.41) is 1.08. The molecule has 1 amide bonds. The van der Waals surface area contributed by atoms with Gasteiger partial charge in [0.1, 0.15) is 4.32 Å². The van der Waals surface area contributed by atoms with E-state index in [-0.39, 0.29) is 5.91 Å². The van der Waals surface area contributed by atoms with Gasteiger partial charge < -0.3 is 0 Å². The molecular formula is C20H14N2OS2. The van der Waals surface area contributed by atoms with Gasteiger partial charge in [-0.2, -0.15) is 0 Å². The van der Waals surface area contributed by atoms with E-state index in [1.165, 1.54) is 11.8 Å². The Morgan fingerprint density at radius 2 is 1.76 bits per heavy atom. The molecule has 0 spiro atoms. The lowest BCUT2D eigenvalue weighted by Crippen LogP contribution is -2.27. The second-order valence-corrected chi connectivity index (χ2v) is 7.36. The molecule has 0 saturated carbocycles. The molecule has 4 rings (SSSR count). The third-order valence-electron chi connectivity index (χ3n) is 3.96. The number of carbonyl (C=O) groups excluding carboxylic acids is 1. The van der Waals surface area contributed by atoms with Gasteiger partial charge in [0.15, 0.2) is 0 Å². The first-order chi connectivity index (χ1) is 12.2.